The average Bonchev–Trinajstić information content (AvgIpc) is 3.63. The Balaban J connectivity index is 1.67. The lowest BCUT2D eigenvalue weighted by atomic mass is 9.70. The van der Waals surface area contributed by atoms with E-state index in [1.807, 2.05) is 6.92 Å². The van der Waals surface area contributed by atoms with Crippen LogP contribution >= 0.6 is 0 Å². The zero-order chi connectivity index (χ0) is 40.1. The van der Waals surface area contributed by atoms with Gasteiger partial charge in [0.05, 0.1) is 22.1 Å². The van der Waals surface area contributed by atoms with Gasteiger partial charge in [-0.3, -0.25) is 19.2 Å². The van der Waals surface area contributed by atoms with Crippen LogP contribution in [0.1, 0.15) is 151 Å². The van der Waals surface area contributed by atoms with E-state index in [0.29, 0.717) is 38.6 Å². The van der Waals surface area contributed by atoms with Crippen LogP contribution in [0.2, 0.25) is 0 Å². The van der Waals surface area contributed by atoms with Crippen molar-refractivity contribution in [2.75, 3.05) is 12.3 Å². The summed E-state index contributed by atoms with van der Waals surface area (Å²) in [6, 6.07) is -2.31. The predicted molar refractivity (Wildman–Crippen MR) is 212 cm³/mol. The van der Waals surface area contributed by atoms with Crippen LogP contribution in [0.25, 0.3) is 0 Å². The Kier molecular flexibility index (Phi) is 14.1. The largest absolute Gasteiger partial charge is 0.332 e. The van der Waals surface area contributed by atoms with Crippen LogP contribution in [-0.2, 0) is 29.0 Å². The molecule has 4 fully saturated rings. The van der Waals surface area contributed by atoms with E-state index in [0.717, 1.165) is 51.4 Å². The van der Waals surface area contributed by atoms with Crippen molar-refractivity contribution in [2.24, 2.45) is 28.6 Å². The van der Waals surface area contributed by atoms with E-state index in [1.54, 1.807) is 31.7 Å². The second-order valence-electron chi connectivity index (χ2n) is 18.9. The monoisotopic (exact) mass is 769 g/mol. The Hall–Kier alpha value is -3.00. The van der Waals surface area contributed by atoms with Gasteiger partial charge in [-0.05, 0) is 94.8 Å². The molecule has 54 heavy (non-hydrogen) atoms. The third-order valence-electron chi connectivity index (χ3n) is 13.5. The highest BCUT2D eigenvalue weighted by Crippen LogP contribution is 2.54. The van der Waals surface area contributed by atoms with Crippen LogP contribution < -0.4 is 10.6 Å². The van der Waals surface area contributed by atoms with Crippen LogP contribution in [0.15, 0.2) is 12.7 Å². The van der Waals surface area contributed by atoms with Gasteiger partial charge in [-0.15, -0.1) is 18.9 Å². The predicted octanol–water partition coefficient (Wildman–Crippen LogP) is 6.90. The zero-order valence-electron chi connectivity index (χ0n) is 33.9. The number of amides is 3. The number of Topliss-reactive ketones (excluding diaryl/α,β-unsaturated/α-hetero) is 3. The molecular formula is C43H67N3O7S. The molecule has 0 radical (unpaired) electrons. The van der Waals surface area contributed by atoms with E-state index in [4.69, 9.17) is 6.42 Å². The molecule has 1 aliphatic heterocycles. The number of sulfone groups is 1. The zero-order valence-corrected chi connectivity index (χ0v) is 34.7. The second-order valence-corrected chi connectivity index (χ2v) is 21.7. The van der Waals surface area contributed by atoms with Gasteiger partial charge in [0.25, 0.3) is 0 Å². The van der Waals surface area contributed by atoms with Gasteiger partial charge in [-0.2, -0.15) is 0 Å². The van der Waals surface area contributed by atoms with Crippen LogP contribution in [0.4, 0.5) is 4.79 Å². The molecule has 3 saturated carbocycles. The summed E-state index contributed by atoms with van der Waals surface area (Å²) in [4.78, 5) is 71.8. The minimum atomic E-state index is -3.58. The summed E-state index contributed by atoms with van der Waals surface area (Å²) in [5.41, 5.74) is -1.67. The lowest BCUT2D eigenvalue weighted by molar-refractivity contribution is -0.144. The molecule has 1 saturated heterocycles. The van der Waals surface area contributed by atoms with Gasteiger partial charge < -0.3 is 15.5 Å². The maximum Gasteiger partial charge on any atom is 0.315 e. The number of nitrogens with zero attached hydrogens (tertiary/aromatic N) is 1. The molecule has 4 aliphatic rings. The van der Waals surface area contributed by atoms with Crippen LogP contribution in [0.3, 0.4) is 0 Å². The molecule has 0 aromatic heterocycles. The number of nitrogens with one attached hydrogen (secondary N) is 2. The Labute approximate surface area is 325 Å². The number of carbonyl (C=O) groups is 5. The molecule has 1 unspecified atom stereocenters. The SMILES string of the molecule is C#CCCC(CC(=O)[C@@H]1[C@H]2CCC(C)(C)[C@H]2CN1C(=O)[C@@H](NC(=O)NC1(CS(=O)(=O)C(C)(C)C)CCCCC1)C1(C)CCCCC1)C(=O)C(=O)CCC=C. The number of hydrogen-bond donors (Lipinski definition) is 2. The molecule has 0 aromatic rings. The van der Waals surface area contributed by atoms with Crippen molar-refractivity contribution in [3.63, 3.8) is 0 Å². The van der Waals surface area contributed by atoms with Crippen molar-refractivity contribution in [1.29, 1.82) is 0 Å². The molecule has 0 spiro atoms. The summed E-state index contributed by atoms with van der Waals surface area (Å²) in [7, 11) is -3.58. The third kappa shape index (κ3) is 9.86. The molecule has 0 bridgehead atoms. The maximum atomic E-state index is 15.2. The summed E-state index contributed by atoms with van der Waals surface area (Å²) >= 11 is 0. The molecule has 4 rings (SSSR count). The van der Waals surface area contributed by atoms with E-state index in [1.165, 1.54) is 0 Å². The number of fused-ring (bicyclic) bond motifs is 1. The first-order valence-electron chi connectivity index (χ1n) is 20.5. The van der Waals surface area contributed by atoms with E-state index in [2.05, 4.69) is 37.0 Å². The first-order valence-corrected chi connectivity index (χ1v) is 22.1. The standard InChI is InChI=1S/C43H67N3O7S/c1-9-11-19-30(36(49)33(47)20-12-10-2)27-34(48)35-31-21-26-41(6,7)32(31)28-46(35)38(50)37(42(8)22-15-13-16-23-42)44-39(51)45-43(24-17-14-18-25-43)29-54(52,53)40(3,4)5/h1,10,30-32,35,37H,2,11-29H2,3-8H3,(H2,44,45,51)/t30?,31-,32-,35-,37+/m0/s1. The normalized spacial score (nSPS) is 25.7. The highest BCUT2D eigenvalue weighted by molar-refractivity contribution is 7.92. The summed E-state index contributed by atoms with van der Waals surface area (Å²) in [6.45, 7) is 15.4. The Morgan fingerprint density at radius 1 is 0.963 bits per heavy atom. The lowest BCUT2D eigenvalue weighted by Gasteiger charge is -2.44. The molecule has 3 amide bonds. The van der Waals surface area contributed by atoms with Crippen LogP contribution in [0, 0.1) is 40.9 Å². The van der Waals surface area contributed by atoms with Crippen molar-refractivity contribution >= 4 is 39.1 Å². The minimum absolute atomic E-state index is 0.0213. The van der Waals surface area contributed by atoms with Gasteiger partial charge in [-0.25, -0.2) is 13.2 Å². The fourth-order valence-corrected chi connectivity index (χ4v) is 11.4. The van der Waals surface area contributed by atoms with Crippen molar-refractivity contribution in [3.05, 3.63) is 12.7 Å². The van der Waals surface area contributed by atoms with Gasteiger partial charge in [0.1, 0.15) is 6.04 Å². The Morgan fingerprint density at radius 2 is 1.57 bits per heavy atom. The summed E-state index contributed by atoms with van der Waals surface area (Å²) in [5.74, 6) is -0.277. The van der Waals surface area contributed by atoms with Crippen molar-refractivity contribution in [1.82, 2.24) is 15.5 Å². The Bertz CT molecular complexity index is 1570. The number of carbonyl (C=O) groups excluding carboxylic acids is 5. The van der Waals surface area contributed by atoms with Gasteiger partial charge in [0.2, 0.25) is 11.7 Å². The molecule has 1 heterocycles. The fraction of sp³-hybridized carbons (Fsp3) is 0.791. The molecule has 3 aliphatic carbocycles. The average molecular weight is 770 g/mol. The summed E-state index contributed by atoms with van der Waals surface area (Å²) in [5, 5.41) is 6.20. The molecule has 11 heteroatoms. The number of allylic oxidation sites excluding steroid dienone is 1. The number of rotatable bonds is 16. The first kappa shape index (κ1) is 43.7. The van der Waals surface area contributed by atoms with Crippen LogP contribution in [0.5, 0.6) is 0 Å². The maximum absolute atomic E-state index is 15.2. The van der Waals surface area contributed by atoms with E-state index in [9.17, 15) is 27.6 Å². The smallest absolute Gasteiger partial charge is 0.315 e. The number of hydrogen-bond acceptors (Lipinski definition) is 7. The third-order valence-corrected chi connectivity index (χ3v) is 16.3. The molecule has 302 valence electrons. The summed E-state index contributed by atoms with van der Waals surface area (Å²) in [6.07, 6.45) is 17.3. The van der Waals surface area contributed by atoms with Gasteiger partial charge in [0, 0.05) is 31.7 Å². The number of ketones is 3. The molecular weight excluding hydrogens is 703 g/mol. The van der Waals surface area contributed by atoms with Crippen LogP contribution in [-0.4, -0.2) is 77.3 Å². The number of likely N-dealkylation sites (tertiary alicyclic amines) is 1. The highest BCUT2D eigenvalue weighted by atomic mass is 32.2. The van der Waals surface area contributed by atoms with Crippen molar-refractivity contribution < 1.29 is 32.4 Å². The lowest BCUT2D eigenvalue weighted by Crippen LogP contribution is -2.64. The van der Waals surface area contributed by atoms with Crippen molar-refractivity contribution in [2.45, 2.75) is 173 Å². The van der Waals surface area contributed by atoms with E-state index >= 15 is 4.79 Å². The summed E-state index contributed by atoms with van der Waals surface area (Å²) < 4.78 is 26.0. The van der Waals surface area contributed by atoms with Gasteiger partial charge in [-0.1, -0.05) is 65.4 Å². The fourth-order valence-electron chi connectivity index (χ4n) is 9.86. The number of terminal acetylenes is 1. The molecule has 5 atom stereocenters. The van der Waals surface area contributed by atoms with E-state index in [-0.39, 0.29) is 60.4 Å². The minimum Gasteiger partial charge on any atom is -0.332 e. The second kappa shape index (κ2) is 17.4. The quantitative estimate of drug-likeness (QED) is 0.0987. The molecule has 10 nitrogen and oxygen atoms in total. The topological polar surface area (TPSA) is 147 Å². The Morgan fingerprint density at radius 3 is 2.15 bits per heavy atom. The first-order chi connectivity index (χ1) is 25.2. The van der Waals surface area contributed by atoms with Crippen molar-refractivity contribution in [3.8, 4) is 12.3 Å². The molecule has 0 aromatic carbocycles. The van der Waals surface area contributed by atoms with E-state index < -0.39 is 61.1 Å². The molecule has 2 N–H and O–H groups in total. The number of urea groups is 1. The van der Waals surface area contributed by atoms with Gasteiger partial charge in [0.15, 0.2) is 21.4 Å². The highest BCUT2D eigenvalue weighted by Gasteiger charge is 2.58. The van der Waals surface area contributed by atoms with Gasteiger partial charge >= 0.3 is 6.03 Å².